The summed E-state index contributed by atoms with van der Waals surface area (Å²) in [7, 11) is 6.17. The summed E-state index contributed by atoms with van der Waals surface area (Å²) in [4.78, 5) is 29.6. The number of thioether (sulfide) groups is 1. The molecule has 0 atom stereocenters. The number of carbonyl (C=O) groups excluding carboxylic acids is 1. The lowest BCUT2D eigenvalue weighted by molar-refractivity contribution is -0.113. The van der Waals surface area contributed by atoms with Gasteiger partial charge in [-0.25, -0.2) is 4.98 Å². The molecule has 0 fully saturated rings. The molecule has 0 aliphatic heterocycles. The molecule has 0 saturated heterocycles. The number of ether oxygens (including phenoxy) is 3. The number of fused-ring (bicyclic) bond motifs is 1. The van der Waals surface area contributed by atoms with Crippen LogP contribution in [0.25, 0.3) is 10.9 Å². The maximum Gasteiger partial charge on any atom is 0.261 e. The third-order valence-electron chi connectivity index (χ3n) is 4.47. The molecule has 0 spiro atoms. The molecular formula is C21H23N3O5S. The number of anilines is 1. The number of carbonyl (C=O) groups is 1. The SMILES string of the molecule is COc1cc(NC(=O)CSc2nc3ccc(C)cc3c(=O)n2C)cc(OC)c1OC. The number of rotatable bonds is 7. The zero-order valence-corrected chi connectivity index (χ0v) is 18.3. The van der Waals surface area contributed by atoms with Gasteiger partial charge in [0.1, 0.15) is 0 Å². The van der Waals surface area contributed by atoms with Crippen molar-refractivity contribution in [3.05, 3.63) is 46.2 Å². The third kappa shape index (κ3) is 4.35. The largest absolute Gasteiger partial charge is 0.493 e. The number of methoxy groups -OCH3 is 3. The van der Waals surface area contributed by atoms with Crippen molar-refractivity contribution in [2.45, 2.75) is 12.1 Å². The Hall–Kier alpha value is -3.20. The van der Waals surface area contributed by atoms with Crippen molar-refractivity contribution in [3.63, 3.8) is 0 Å². The van der Waals surface area contributed by atoms with Crippen LogP contribution in [0, 0.1) is 6.92 Å². The highest BCUT2D eigenvalue weighted by Gasteiger charge is 2.15. The summed E-state index contributed by atoms with van der Waals surface area (Å²) < 4.78 is 17.3. The molecule has 1 heterocycles. The molecule has 2 aromatic carbocycles. The lowest BCUT2D eigenvalue weighted by Gasteiger charge is -2.14. The van der Waals surface area contributed by atoms with Crippen LogP contribution in [0.4, 0.5) is 5.69 Å². The van der Waals surface area contributed by atoms with Gasteiger partial charge in [-0.2, -0.15) is 0 Å². The summed E-state index contributed by atoms with van der Waals surface area (Å²) in [5, 5.41) is 3.83. The number of hydrogen-bond donors (Lipinski definition) is 1. The molecule has 0 bridgehead atoms. The van der Waals surface area contributed by atoms with E-state index in [0.717, 1.165) is 5.56 Å². The van der Waals surface area contributed by atoms with Crippen LogP contribution in [0.3, 0.4) is 0 Å². The number of benzene rings is 2. The van der Waals surface area contributed by atoms with Crippen LogP contribution < -0.4 is 25.1 Å². The summed E-state index contributed by atoms with van der Waals surface area (Å²) in [5.74, 6) is 1.14. The Labute approximate surface area is 178 Å². The summed E-state index contributed by atoms with van der Waals surface area (Å²) in [6.07, 6.45) is 0. The first-order valence-electron chi connectivity index (χ1n) is 9.08. The highest BCUT2D eigenvalue weighted by molar-refractivity contribution is 7.99. The van der Waals surface area contributed by atoms with Gasteiger partial charge in [0.2, 0.25) is 11.7 Å². The number of aryl methyl sites for hydroxylation is 1. The van der Waals surface area contributed by atoms with E-state index in [1.54, 1.807) is 19.2 Å². The second-order valence-corrected chi connectivity index (χ2v) is 7.47. The number of hydrogen-bond acceptors (Lipinski definition) is 7. The zero-order chi connectivity index (χ0) is 21.8. The molecule has 1 amide bonds. The Bertz CT molecular complexity index is 1130. The van der Waals surface area contributed by atoms with Gasteiger partial charge in [0, 0.05) is 24.9 Å². The molecule has 0 radical (unpaired) electrons. The van der Waals surface area contributed by atoms with E-state index in [1.165, 1.54) is 37.7 Å². The van der Waals surface area contributed by atoms with E-state index in [2.05, 4.69) is 10.3 Å². The predicted molar refractivity (Wildman–Crippen MR) is 117 cm³/mol. The fourth-order valence-electron chi connectivity index (χ4n) is 2.97. The van der Waals surface area contributed by atoms with Crippen LogP contribution in [-0.4, -0.2) is 42.5 Å². The molecule has 158 valence electrons. The second-order valence-electron chi connectivity index (χ2n) is 6.53. The van der Waals surface area contributed by atoms with Crippen LogP contribution in [-0.2, 0) is 11.8 Å². The zero-order valence-electron chi connectivity index (χ0n) is 17.4. The van der Waals surface area contributed by atoms with Gasteiger partial charge in [-0.3, -0.25) is 14.2 Å². The average molecular weight is 429 g/mol. The van der Waals surface area contributed by atoms with Crippen molar-refractivity contribution in [1.29, 1.82) is 0 Å². The van der Waals surface area contributed by atoms with E-state index in [-0.39, 0.29) is 17.2 Å². The van der Waals surface area contributed by atoms with Crippen LogP contribution in [0.15, 0.2) is 40.3 Å². The molecule has 1 N–H and O–H groups in total. The van der Waals surface area contributed by atoms with Gasteiger partial charge < -0.3 is 19.5 Å². The second kappa shape index (κ2) is 9.08. The van der Waals surface area contributed by atoms with Crippen LogP contribution in [0.2, 0.25) is 0 Å². The Balaban J connectivity index is 1.77. The molecule has 0 aliphatic rings. The highest BCUT2D eigenvalue weighted by Crippen LogP contribution is 2.39. The van der Waals surface area contributed by atoms with E-state index < -0.39 is 0 Å². The minimum Gasteiger partial charge on any atom is -0.493 e. The maximum absolute atomic E-state index is 12.6. The molecule has 3 aromatic rings. The van der Waals surface area contributed by atoms with Crippen molar-refractivity contribution in [3.8, 4) is 17.2 Å². The van der Waals surface area contributed by atoms with E-state index in [1.807, 2.05) is 25.1 Å². The summed E-state index contributed by atoms with van der Waals surface area (Å²) >= 11 is 1.19. The molecule has 30 heavy (non-hydrogen) atoms. The van der Waals surface area contributed by atoms with Crippen molar-refractivity contribution in [1.82, 2.24) is 9.55 Å². The maximum atomic E-state index is 12.6. The molecule has 9 heteroatoms. The normalized spacial score (nSPS) is 10.7. The van der Waals surface area contributed by atoms with Crippen molar-refractivity contribution in [2.24, 2.45) is 7.05 Å². The van der Waals surface area contributed by atoms with E-state index in [0.29, 0.717) is 39.0 Å². The fourth-order valence-corrected chi connectivity index (χ4v) is 3.75. The Morgan fingerprint density at radius 3 is 2.37 bits per heavy atom. The number of nitrogens with one attached hydrogen (secondary N) is 1. The minimum atomic E-state index is -0.257. The first-order chi connectivity index (χ1) is 14.4. The van der Waals surface area contributed by atoms with Gasteiger partial charge >= 0.3 is 0 Å². The smallest absolute Gasteiger partial charge is 0.261 e. The van der Waals surface area contributed by atoms with Crippen LogP contribution in [0.1, 0.15) is 5.56 Å². The summed E-state index contributed by atoms with van der Waals surface area (Å²) in [6.45, 7) is 1.93. The minimum absolute atomic E-state index is 0.0777. The predicted octanol–water partition coefficient (Wildman–Crippen LogP) is 3.00. The standard InChI is InChI=1S/C21H23N3O5S/c1-12-6-7-15-14(8-12)20(26)24(2)21(23-15)30-11-18(25)22-13-9-16(27-3)19(29-5)17(10-13)28-4/h6-10H,11H2,1-5H3,(H,22,25). The van der Waals surface area contributed by atoms with Gasteiger partial charge in [-0.05, 0) is 19.1 Å². The molecule has 8 nitrogen and oxygen atoms in total. The summed E-state index contributed by atoms with van der Waals surface area (Å²) in [5.41, 5.74) is 1.96. The third-order valence-corrected chi connectivity index (χ3v) is 5.50. The average Bonchev–Trinajstić information content (AvgIpc) is 2.74. The Morgan fingerprint density at radius 2 is 1.77 bits per heavy atom. The van der Waals surface area contributed by atoms with Crippen molar-refractivity contribution >= 4 is 34.3 Å². The van der Waals surface area contributed by atoms with Crippen molar-refractivity contribution < 1.29 is 19.0 Å². The number of aromatic nitrogens is 2. The van der Waals surface area contributed by atoms with E-state index in [4.69, 9.17) is 14.2 Å². The molecule has 0 aliphatic carbocycles. The first kappa shape index (κ1) is 21.5. The lowest BCUT2D eigenvalue weighted by Crippen LogP contribution is -2.21. The molecule has 3 rings (SSSR count). The van der Waals surface area contributed by atoms with E-state index >= 15 is 0 Å². The van der Waals surface area contributed by atoms with Crippen LogP contribution in [0.5, 0.6) is 17.2 Å². The monoisotopic (exact) mass is 429 g/mol. The quantitative estimate of drug-likeness (QED) is 0.456. The van der Waals surface area contributed by atoms with Crippen molar-refractivity contribution in [2.75, 3.05) is 32.4 Å². The number of amides is 1. The molecular weight excluding hydrogens is 406 g/mol. The van der Waals surface area contributed by atoms with E-state index in [9.17, 15) is 9.59 Å². The van der Waals surface area contributed by atoms with Gasteiger partial charge in [0.05, 0.1) is 38.0 Å². The molecule has 0 unspecified atom stereocenters. The fraction of sp³-hybridized carbons (Fsp3) is 0.286. The number of nitrogens with zero attached hydrogens (tertiary/aromatic N) is 2. The highest BCUT2D eigenvalue weighted by atomic mass is 32.2. The Kier molecular flexibility index (Phi) is 6.51. The topological polar surface area (TPSA) is 91.7 Å². The lowest BCUT2D eigenvalue weighted by atomic mass is 10.2. The molecule has 0 saturated carbocycles. The van der Waals surface area contributed by atoms with Crippen LogP contribution >= 0.6 is 11.8 Å². The Morgan fingerprint density at radius 1 is 1.10 bits per heavy atom. The van der Waals surface area contributed by atoms with Gasteiger partial charge in [0.15, 0.2) is 16.7 Å². The van der Waals surface area contributed by atoms with Gasteiger partial charge in [0.25, 0.3) is 5.56 Å². The first-order valence-corrected chi connectivity index (χ1v) is 10.1. The summed E-state index contributed by atoms with van der Waals surface area (Å²) in [6, 6.07) is 8.83. The van der Waals surface area contributed by atoms with Gasteiger partial charge in [-0.15, -0.1) is 0 Å². The molecule has 1 aromatic heterocycles. The van der Waals surface area contributed by atoms with Gasteiger partial charge in [-0.1, -0.05) is 23.4 Å².